The average molecular weight is 295 g/mol. The Kier molecular flexibility index (Phi) is 3.77. The molecule has 0 radical (unpaired) electrons. The number of halogens is 1. The van der Waals surface area contributed by atoms with E-state index in [-0.39, 0.29) is 16.1 Å². The molecule has 1 aromatic carbocycles. The van der Waals surface area contributed by atoms with Gasteiger partial charge in [0.15, 0.2) is 0 Å². The highest BCUT2D eigenvalue weighted by molar-refractivity contribution is 7.89. The second-order valence-corrected chi connectivity index (χ2v) is 5.44. The Bertz CT molecular complexity index is 748. The zero-order valence-electron chi connectivity index (χ0n) is 10.1. The largest absolute Gasteiger partial charge is 0.319 e. The van der Waals surface area contributed by atoms with Crippen LogP contribution in [0.1, 0.15) is 10.4 Å². The zero-order chi connectivity index (χ0) is 14.8. The maximum Gasteiger partial charge on any atom is 0.257 e. The highest BCUT2D eigenvalue weighted by Gasteiger charge is 2.14. The molecule has 1 amide bonds. The third kappa shape index (κ3) is 3.16. The van der Waals surface area contributed by atoms with Gasteiger partial charge in [0.05, 0.1) is 16.1 Å². The molecule has 3 N–H and O–H groups in total. The lowest BCUT2D eigenvalue weighted by atomic mass is 10.2. The van der Waals surface area contributed by atoms with Crippen molar-refractivity contribution in [3.63, 3.8) is 0 Å². The van der Waals surface area contributed by atoms with Crippen LogP contribution in [0, 0.1) is 5.82 Å². The van der Waals surface area contributed by atoms with Gasteiger partial charge in [-0.1, -0.05) is 0 Å². The summed E-state index contributed by atoms with van der Waals surface area (Å²) in [5.41, 5.74) is -0.0571. The van der Waals surface area contributed by atoms with Crippen LogP contribution in [0.25, 0.3) is 0 Å². The fourth-order valence-corrected chi connectivity index (χ4v) is 2.01. The van der Waals surface area contributed by atoms with Crippen LogP contribution >= 0.6 is 0 Å². The third-order valence-electron chi connectivity index (χ3n) is 2.44. The van der Waals surface area contributed by atoms with Crippen molar-refractivity contribution in [3.8, 4) is 0 Å². The number of nitrogens with zero attached hydrogens (tertiary/aromatic N) is 1. The van der Waals surface area contributed by atoms with Gasteiger partial charge in [-0.15, -0.1) is 0 Å². The average Bonchev–Trinajstić information content (AvgIpc) is 2.41. The first-order valence-electron chi connectivity index (χ1n) is 5.41. The lowest BCUT2D eigenvalue weighted by Gasteiger charge is -2.07. The zero-order valence-corrected chi connectivity index (χ0v) is 10.9. The van der Waals surface area contributed by atoms with Crippen LogP contribution < -0.4 is 10.5 Å². The molecule has 0 atom stereocenters. The third-order valence-corrected chi connectivity index (χ3v) is 3.35. The number of nitrogens with one attached hydrogen (secondary N) is 1. The van der Waals surface area contributed by atoms with E-state index in [1.165, 1.54) is 18.5 Å². The summed E-state index contributed by atoms with van der Waals surface area (Å²) in [6.07, 6.45) is 2.79. The minimum absolute atomic E-state index is 0.216. The van der Waals surface area contributed by atoms with Crippen molar-refractivity contribution < 1.29 is 17.6 Å². The standard InChI is InChI=1S/C12H10FN3O3S/c13-10-4-3-9(20(14,18)19)6-11(10)16-12(17)8-2-1-5-15-7-8/h1-7H,(H,16,17)(H2,14,18,19). The van der Waals surface area contributed by atoms with Gasteiger partial charge in [-0.3, -0.25) is 9.78 Å². The van der Waals surface area contributed by atoms with Crippen molar-refractivity contribution in [1.29, 1.82) is 0 Å². The molecule has 104 valence electrons. The number of aromatic nitrogens is 1. The summed E-state index contributed by atoms with van der Waals surface area (Å²) in [7, 11) is -3.97. The van der Waals surface area contributed by atoms with Gasteiger partial charge in [0, 0.05) is 12.4 Å². The number of carbonyl (C=O) groups excluding carboxylic acids is 1. The molecule has 2 aromatic rings. The molecule has 8 heteroatoms. The van der Waals surface area contributed by atoms with Crippen molar-refractivity contribution in [2.75, 3.05) is 5.32 Å². The molecule has 1 aromatic heterocycles. The van der Waals surface area contributed by atoms with Crippen LogP contribution in [0.5, 0.6) is 0 Å². The Morgan fingerprint density at radius 2 is 2.05 bits per heavy atom. The molecular weight excluding hydrogens is 285 g/mol. The SMILES string of the molecule is NS(=O)(=O)c1ccc(F)c(NC(=O)c2cccnc2)c1. The summed E-state index contributed by atoms with van der Waals surface area (Å²) in [5.74, 6) is -1.38. The maximum atomic E-state index is 13.6. The number of benzene rings is 1. The summed E-state index contributed by atoms with van der Waals surface area (Å²) >= 11 is 0. The molecule has 20 heavy (non-hydrogen) atoms. The highest BCUT2D eigenvalue weighted by atomic mass is 32.2. The van der Waals surface area contributed by atoms with Gasteiger partial charge in [-0.2, -0.15) is 0 Å². The van der Waals surface area contributed by atoms with Gasteiger partial charge < -0.3 is 5.32 Å². The Morgan fingerprint density at radius 3 is 2.65 bits per heavy atom. The first kappa shape index (κ1) is 14.1. The molecule has 0 saturated heterocycles. The van der Waals surface area contributed by atoms with Crippen LogP contribution in [0.2, 0.25) is 0 Å². The van der Waals surface area contributed by atoms with E-state index in [4.69, 9.17) is 5.14 Å². The quantitative estimate of drug-likeness (QED) is 0.885. The number of hydrogen-bond acceptors (Lipinski definition) is 4. The number of anilines is 1. The Balaban J connectivity index is 2.32. The Morgan fingerprint density at radius 1 is 1.30 bits per heavy atom. The van der Waals surface area contributed by atoms with E-state index in [1.54, 1.807) is 6.07 Å². The summed E-state index contributed by atoms with van der Waals surface area (Å²) in [5, 5.41) is 7.21. The number of rotatable bonds is 3. The minimum atomic E-state index is -3.97. The van der Waals surface area contributed by atoms with E-state index >= 15 is 0 Å². The molecular formula is C12H10FN3O3S. The van der Waals surface area contributed by atoms with Gasteiger partial charge in [0.2, 0.25) is 10.0 Å². The summed E-state index contributed by atoms with van der Waals surface area (Å²) < 4.78 is 35.9. The maximum absolute atomic E-state index is 13.6. The number of amides is 1. The van der Waals surface area contributed by atoms with Gasteiger partial charge in [-0.05, 0) is 30.3 Å². The molecule has 0 aliphatic carbocycles. The molecule has 0 unspecified atom stereocenters. The van der Waals surface area contributed by atoms with E-state index in [9.17, 15) is 17.6 Å². The molecule has 0 spiro atoms. The smallest absolute Gasteiger partial charge is 0.257 e. The molecule has 0 aliphatic rings. The molecule has 2 rings (SSSR count). The molecule has 0 fully saturated rings. The topological polar surface area (TPSA) is 102 Å². The van der Waals surface area contributed by atoms with Crippen molar-refractivity contribution in [2.24, 2.45) is 5.14 Å². The minimum Gasteiger partial charge on any atom is -0.319 e. The molecule has 6 nitrogen and oxygen atoms in total. The van der Waals surface area contributed by atoms with Crippen LogP contribution in [-0.2, 0) is 10.0 Å². The van der Waals surface area contributed by atoms with E-state index in [2.05, 4.69) is 10.3 Å². The van der Waals surface area contributed by atoms with Crippen molar-refractivity contribution in [3.05, 3.63) is 54.1 Å². The highest BCUT2D eigenvalue weighted by Crippen LogP contribution is 2.19. The molecule has 0 saturated carbocycles. The number of primary sulfonamides is 1. The van der Waals surface area contributed by atoms with E-state index in [0.717, 1.165) is 18.2 Å². The fraction of sp³-hybridized carbons (Fsp3) is 0. The predicted molar refractivity (Wildman–Crippen MR) is 70.0 cm³/mol. The van der Waals surface area contributed by atoms with Crippen LogP contribution in [0.15, 0.2) is 47.6 Å². The van der Waals surface area contributed by atoms with Crippen LogP contribution in [0.4, 0.5) is 10.1 Å². The molecule has 0 bridgehead atoms. The summed E-state index contributed by atoms with van der Waals surface area (Å²) in [6, 6.07) is 5.93. The normalized spacial score (nSPS) is 11.1. The van der Waals surface area contributed by atoms with Crippen LogP contribution in [-0.4, -0.2) is 19.3 Å². The second kappa shape index (κ2) is 5.35. The lowest BCUT2D eigenvalue weighted by molar-refractivity contribution is 0.102. The van der Waals surface area contributed by atoms with E-state index in [1.807, 2.05) is 0 Å². The van der Waals surface area contributed by atoms with Crippen LogP contribution in [0.3, 0.4) is 0 Å². The van der Waals surface area contributed by atoms with Gasteiger partial charge in [0.25, 0.3) is 5.91 Å². The van der Waals surface area contributed by atoms with Gasteiger partial charge >= 0.3 is 0 Å². The summed E-state index contributed by atoms with van der Waals surface area (Å²) in [4.78, 5) is 15.3. The van der Waals surface area contributed by atoms with Gasteiger partial charge in [-0.25, -0.2) is 17.9 Å². The van der Waals surface area contributed by atoms with Crippen molar-refractivity contribution in [1.82, 2.24) is 4.98 Å². The number of carbonyl (C=O) groups is 1. The number of nitrogens with two attached hydrogens (primary N) is 1. The first-order chi connectivity index (χ1) is 9.38. The first-order valence-corrected chi connectivity index (χ1v) is 6.96. The monoisotopic (exact) mass is 295 g/mol. The second-order valence-electron chi connectivity index (χ2n) is 3.88. The van der Waals surface area contributed by atoms with E-state index in [0.29, 0.717) is 0 Å². The molecule has 1 heterocycles. The number of sulfonamides is 1. The predicted octanol–water partition coefficient (Wildman–Crippen LogP) is 1.12. The Labute approximate surface area is 114 Å². The Hall–Kier alpha value is -2.32. The molecule has 0 aliphatic heterocycles. The fourth-order valence-electron chi connectivity index (χ4n) is 1.47. The summed E-state index contributed by atoms with van der Waals surface area (Å²) in [6.45, 7) is 0. The number of hydrogen-bond donors (Lipinski definition) is 2. The van der Waals surface area contributed by atoms with Crippen molar-refractivity contribution in [2.45, 2.75) is 4.90 Å². The lowest BCUT2D eigenvalue weighted by Crippen LogP contribution is -2.16. The van der Waals surface area contributed by atoms with Gasteiger partial charge in [0.1, 0.15) is 5.82 Å². The van der Waals surface area contributed by atoms with Crippen molar-refractivity contribution >= 4 is 21.6 Å². The van der Waals surface area contributed by atoms with E-state index < -0.39 is 21.7 Å². The number of pyridine rings is 1.